The molecule has 3 aromatic rings. The van der Waals surface area contributed by atoms with Crippen LogP contribution in [-0.2, 0) is 22.6 Å². The van der Waals surface area contributed by atoms with E-state index in [-0.39, 0.29) is 17.4 Å². The number of carbonyl (C=O) groups is 2. The highest BCUT2D eigenvalue weighted by Crippen LogP contribution is 2.39. The lowest BCUT2D eigenvalue weighted by atomic mass is 9.87. The highest BCUT2D eigenvalue weighted by molar-refractivity contribution is 9.10. The number of hydrogen-bond acceptors (Lipinski definition) is 6. The number of rotatable bonds is 5. The number of carbonyl (C=O) groups excluding carboxylic acids is 2. The molecular formula is C23H26BrN7O2. The molecule has 1 saturated carbocycles. The van der Waals surface area contributed by atoms with Crippen molar-refractivity contribution >= 4 is 45.2 Å². The van der Waals surface area contributed by atoms with Gasteiger partial charge in [0, 0.05) is 37.8 Å². The second kappa shape index (κ2) is 8.40. The third-order valence-corrected chi connectivity index (χ3v) is 7.44. The smallest absolute Gasteiger partial charge is 0.225 e. The summed E-state index contributed by atoms with van der Waals surface area (Å²) in [5.74, 6) is 0.595. The summed E-state index contributed by atoms with van der Waals surface area (Å²) in [5.41, 5.74) is 3.58. The van der Waals surface area contributed by atoms with Crippen molar-refractivity contribution in [1.82, 2.24) is 30.0 Å². The summed E-state index contributed by atoms with van der Waals surface area (Å²) in [6.45, 7) is 3.35. The Morgan fingerprint density at radius 2 is 2.18 bits per heavy atom. The van der Waals surface area contributed by atoms with E-state index in [4.69, 9.17) is 4.98 Å². The molecule has 1 aromatic carbocycles. The Bertz CT molecular complexity index is 1240. The standard InChI is InChI=1S/C23H26BrN7O2/c1-23(21(33)25-2)7-5-16(10-23)27-22-26-11-18-19(24)29-31(20(18)28-22)17-4-3-14-6-8-30(13-32)12-15(14)9-17/h3-4,9,11,13,16H,5-8,10,12H2,1-2H3,(H,25,33)(H,26,27,28)/t16-,23-/m1/s1. The molecule has 2 atom stereocenters. The molecular weight excluding hydrogens is 486 g/mol. The molecule has 33 heavy (non-hydrogen) atoms. The van der Waals surface area contributed by atoms with Crippen LogP contribution in [-0.4, -0.2) is 56.6 Å². The van der Waals surface area contributed by atoms with Crippen LogP contribution < -0.4 is 10.6 Å². The lowest BCUT2D eigenvalue weighted by Crippen LogP contribution is -2.35. The maximum Gasteiger partial charge on any atom is 0.225 e. The summed E-state index contributed by atoms with van der Waals surface area (Å²) in [4.78, 5) is 34.5. The van der Waals surface area contributed by atoms with Gasteiger partial charge in [0.15, 0.2) is 5.65 Å². The molecule has 2 N–H and O–H groups in total. The molecule has 0 unspecified atom stereocenters. The summed E-state index contributed by atoms with van der Waals surface area (Å²) in [6.07, 6.45) is 5.95. The van der Waals surface area contributed by atoms with Gasteiger partial charge in [-0.15, -0.1) is 0 Å². The molecule has 0 spiro atoms. The van der Waals surface area contributed by atoms with Gasteiger partial charge in [0.2, 0.25) is 18.3 Å². The van der Waals surface area contributed by atoms with E-state index in [2.05, 4.69) is 48.8 Å². The Kier molecular flexibility index (Phi) is 5.55. The first-order valence-corrected chi connectivity index (χ1v) is 11.9. The van der Waals surface area contributed by atoms with Gasteiger partial charge >= 0.3 is 0 Å². The van der Waals surface area contributed by atoms with Crippen molar-refractivity contribution in [3.8, 4) is 5.69 Å². The van der Waals surface area contributed by atoms with Gasteiger partial charge in [-0.3, -0.25) is 9.59 Å². The molecule has 2 aromatic heterocycles. The summed E-state index contributed by atoms with van der Waals surface area (Å²) < 4.78 is 2.47. The molecule has 3 heterocycles. The van der Waals surface area contributed by atoms with Crippen LogP contribution in [0.5, 0.6) is 0 Å². The number of hydrogen-bond donors (Lipinski definition) is 2. The molecule has 0 bridgehead atoms. The second-order valence-corrected chi connectivity index (χ2v) is 9.89. The molecule has 172 valence electrons. The maximum absolute atomic E-state index is 12.2. The van der Waals surface area contributed by atoms with E-state index in [0.717, 1.165) is 55.3 Å². The van der Waals surface area contributed by atoms with E-state index < -0.39 is 0 Å². The van der Waals surface area contributed by atoms with Crippen LogP contribution in [0, 0.1) is 5.41 Å². The van der Waals surface area contributed by atoms with Crippen molar-refractivity contribution < 1.29 is 9.59 Å². The Labute approximate surface area is 200 Å². The molecule has 2 amide bonds. The minimum atomic E-state index is -0.375. The van der Waals surface area contributed by atoms with Crippen molar-refractivity contribution in [3.63, 3.8) is 0 Å². The quantitative estimate of drug-likeness (QED) is 0.510. The Balaban J connectivity index is 1.44. The largest absolute Gasteiger partial charge is 0.359 e. The maximum atomic E-state index is 12.2. The Hall–Kier alpha value is -3.01. The number of halogens is 1. The van der Waals surface area contributed by atoms with Gasteiger partial charge in [0.05, 0.1) is 11.1 Å². The lowest BCUT2D eigenvalue weighted by Gasteiger charge is -2.25. The SMILES string of the molecule is CNC(=O)[C@]1(C)CC[C@@H](Nc2ncc3c(Br)nn(-c4ccc5c(c4)CN(C=O)CC5)c3n2)C1. The number of amides is 2. The van der Waals surface area contributed by atoms with E-state index >= 15 is 0 Å². The third kappa shape index (κ3) is 3.96. The van der Waals surface area contributed by atoms with Crippen LogP contribution in [0.15, 0.2) is 29.0 Å². The molecule has 0 radical (unpaired) electrons. The van der Waals surface area contributed by atoms with E-state index in [1.54, 1.807) is 22.8 Å². The Morgan fingerprint density at radius 3 is 2.97 bits per heavy atom. The normalized spacial score (nSPS) is 22.3. The van der Waals surface area contributed by atoms with Gasteiger partial charge in [-0.1, -0.05) is 13.0 Å². The molecule has 10 heteroatoms. The highest BCUT2D eigenvalue weighted by atomic mass is 79.9. The first-order valence-electron chi connectivity index (χ1n) is 11.1. The minimum Gasteiger partial charge on any atom is -0.359 e. The van der Waals surface area contributed by atoms with Gasteiger partial charge in [-0.2, -0.15) is 10.1 Å². The predicted molar refractivity (Wildman–Crippen MR) is 128 cm³/mol. The van der Waals surface area contributed by atoms with Crippen molar-refractivity contribution in [2.75, 3.05) is 18.9 Å². The van der Waals surface area contributed by atoms with E-state index in [9.17, 15) is 9.59 Å². The molecule has 2 aliphatic rings. The summed E-state index contributed by atoms with van der Waals surface area (Å²) >= 11 is 3.53. The first-order chi connectivity index (χ1) is 15.9. The van der Waals surface area contributed by atoms with Gasteiger partial charge in [0.25, 0.3) is 0 Å². The molecule has 1 aliphatic heterocycles. The number of nitrogens with one attached hydrogen (secondary N) is 2. The average Bonchev–Trinajstić information content (AvgIpc) is 3.37. The topological polar surface area (TPSA) is 105 Å². The summed E-state index contributed by atoms with van der Waals surface area (Å²) in [6, 6.07) is 6.34. The number of anilines is 1. The van der Waals surface area contributed by atoms with E-state index in [1.165, 1.54) is 5.56 Å². The fourth-order valence-corrected chi connectivity index (χ4v) is 5.40. The third-order valence-electron chi connectivity index (χ3n) is 6.85. The molecule has 1 fully saturated rings. The van der Waals surface area contributed by atoms with Gasteiger partial charge in [-0.25, -0.2) is 9.67 Å². The van der Waals surface area contributed by atoms with Crippen molar-refractivity contribution in [1.29, 1.82) is 0 Å². The average molecular weight is 512 g/mol. The van der Waals surface area contributed by atoms with Gasteiger partial charge in [0.1, 0.15) is 4.60 Å². The minimum absolute atomic E-state index is 0.0748. The predicted octanol–water partition coefficient (Wildman–Crippen LogP) is 2.81. The molecule has 1 aliphatic carbocycles. The zero-order chi connectivity index (χ0) is 23.2. The van der Waals surface area contributed by atoms with Crippen molar-refractivity contribution in [2.45, 2.75) is 45.2 Å². The fraction of sp³-hybridized carbons (Fsp3) is 0.435. The summed E-state index contributed by atoms with van der Waals surface area (Å²) in [7, 11) is 1.68. The van der Waals surface area contributed by atoms with Crippen LogP contribution >= 0.6 is 15.9 Å². The summed E-state index contributed by atoms with van der Waals surface area (Å²) in [5, 5.41) is 11.6. The molecule has 0 saturated heterocycles. The number of aromatic nitrogens is 4. The fourth-order valence-electron chi connectivity index (χ4n) is 4.96. The highest BCUT2D eigenvalue weighted by Gasteiger charge is 2.41. The van der Waals surface area contributed by atoms with Crippen LogP contribution in [0.3, 0.4) is 0 Å². The first kappa shape index (κ1) is 21.8. The zero-order valence-corrected chi connectivity index (χ0v) is 20.2. The number of nitrogens with zero attached hydrogens (tertiary/aromatic N) is 5. The number of benzene rings is 1. The molecule has 5 rings (SSSR count). The van der Waals surface area contributed by atoms with Gasteiger partial charge in [-0.05, 0) is 64.9 Å². The van der Waals surface area contributed by atoms with Crippen LogP contribution in [0.2, 0.25) is 0 Å². The van der Waals surface area contributed by atoms with E-state index in [1.807, 2.05) is 13.0 Å². The number of fused-ring (bicyclic) bond motifs is 2. The van der Waals surface area contributed by atoms with E-state index in [0.29, 0.717) is 22.7 Å². The van der Waals surface area contributed by atoms with Crippen molar-refractivity contribution in [3.05, 3.63) is 40.1 Å². The van der Waals surface area contributed by atoms with Crippen LogP contribution in [0.4, 0.5) is 5.95 Å². The Morgan fingerprint density at radius 1 is 1.33 bits per heavy atom. The monoisotopic (exact) mass is 511 g/mol. The molecule has 9 nitrogen and oxygen atoms in total. The van der Waals surface area contributed by atoms with Gasteiger partial charge < -0.3 is 15.5 Å². The van der Waals surface area contributed by atoms with Crippen molar-refractivity contribution in [2.24, 2.45) is 5.41 Å². The van der Waals surface area contributed by atoms with Crippen LogP contribution in [0.25, 0.3) is 16.7 Å². The van der Waals surface area contributed by atoms with Crippen LogP contribution in [0.1, 0.15) is 37.3 Å². The zero-order valence-electron chi connectivity index (χ0n) is 18.6. The second-order valence-electron chi connectivity index (χ2n) is 9.14. The lowest BCUT2D eigenvalue weighted by molar-refractivity contribution is -0.129.